The van der Waals surface area contributed by atoms with Gasteiger partial charge in [0.15, 0.2) is 11.9 Å². The van der Waals surface area contributed by atoms with E-state index in [0.717, 1.165) is 22.5 Å². The van der Waals surface area contributed by atoms with Crippen LogP contribution >= 0.6 is 0 Å². The van der Waals surface area contributed by atoms with E-state index in [4.69, 9.17) is 4.74 Å². The number of hydrogen-bond acceptors (Lipinski definition) is 3. The van der Waals surface area contributed by atoms with Gasteiger partial charge in [-0.1, -0.05) is 35.9 Å². The van der Waals surface area contributed by atoms with Crippen LogP contribution < -0.4 is 4.74 Å². The van der Waals surface area contributed by atoms with Gasteiger partial charge < -0.3 is 9.84 Å². The maximum absolute atomic E-state index is 11.2. The van der Waals surface area contributed by atoms with Crippen molar-refractivity contribution in [3.63, 3.8) is 0 Å². The molecule has 126 valence electrons. The molecule has 0 saturated heterocycles. The van der Waals surface area contributed by atoms with E-state index in [-0.39, 0.29) is 6.42 Å². The molecule has 1 aromatic heterocycles. The lowest BCUT2D eigenvalue weighted by Gasteiger charge is -2.26. The Hall–Kier alpha value is -3.08. The molecule has 0 radical (unpaired) electrons. The van der Waals surface area contributed by atoms with Gasteiger partial charge in [-0.3, -0.25) is 9.36 Å². The SMILES string of the molecule is Cc1ccc(-c2cn3c(n2)C(CC(=O)O)Oc2ccc(C)cc2-3)cc1. The second kappa shape index (κ2) is 5.77. The Morgan fingerprint density at radius 1 is 1.16 bits per heavy atom. The number of benzene rings is 2. The molecule has 4 rings (SSSR count). The molecule has 25 heavy (non-hydrogen) atoms. The van der Waals surface area contributed by atoms with Gasteiger partial charge in [-0.2, -0.15) is 0 Å². The lowest BCUT2D eigenvalue weighted by atomic mass is 10.1. The van der Waals surface area contributed by atoms with Crippen molar-refractivity contribution in [3.05, 3.63) is 65.6 Å². The lowest BCUT2D eigenvalue weighted by Crippen LogP contribution is -2.22. The Balaban J connectivity index is 1.86. The summed E-state index contributed by atoms with van der Waals surface area (Å²) in [5, 5.41) is 9.22. The largest absolute Gasteiger partial charge is 0.481 e. The minimum Gasteiger partial charge on any atom is -0.481 e. The van der Waals surface area contributed by atoms with Crippen molar-refractivity contribution in [3.8, 4) is 22.7 Å². The van der Waals surface area contributed by atoms with Gasteiger partial charge >= 0.3 is 5.97 Å². The van der Waals surface area contributed by atoms with Crippen LogP contribution in [-0.4, -0.2) is 20.6 Å². The fraction of sp³-hybridized carbons (Fsp3) is 0.200. The van der Waals surface area contributed by atoms with Crippen LogP contribution in [0.25, 0.3) is 16.9 Å². The van der Waals surface area contributed by atoms with Gasteiger partial charge in [0.25, 0.3) is 0 Å². The zero-order valence-electron chi connectivity index (χ0n) is 14.1. The molecular formula is C20H18N2O3. The van der Waals surface area contributed by atoms with E-state index in [0.29, 0.717) is 11.6 Å². The van der Waals surface area contributed by atoms with Gasteiger partial charge in [-0.25, -0.2) is 4.98 Å². The van der Waals surface area contributed by atoms with Gasteiger partial charge in [0.2, 0.25) is 0 Å². The molecule has 5 heteroatoms. The predicted molar refractivity (Wildman–Crippen MR) is 94.1 cm³/mol. The first-order valence-electron chi connectivity index (χ1n) is 8.17. The summed E-state index contributed by atoms with van der Waals surface area (Å²) in [4.78, 5) is 15.9. The van der Waals surface area contributed by atoms with Crippen molar-refractivity contribution in [2.75, 3.05) is 0 Å². The maximum atomic E-state index is 11.2. The van der Waals surface area contributed by atoms with Crippen LogP contribution in [0.15, 0.2) is 48.7 Å². The molecule has 0 bridgehead atoms. The Labute approximate surface area is 145 Å². The second-order valence-electron chi connectivity index (χ2n) is 6.40. The van der Waals surface area contributed by atoms with E-state index >= 15 is 0 Å². The number of carboxylic acid groups (broad SMARTS) is 1. The minimum absolute atomic E-state index is 0.127. The van der Waals surface area contributed by atoms with Crippen LogP contribution in [0.2, 0.25) is 0 Å². The zero-order valence-corrected chi connectivity index (χ0v) is 14.1. The first kappa shape index (κ1) is 15.4. The monoisotopic (exact) mass is 334 g/mol. The van der Waals surface area contributed by atoms with Crippen LogP contribution in [-0.2, 0) is 4.79 Å². The number of aryl methyl sites for hydroxylation is 2. The summed E-state index contributed by atoms with van der Waals surface area (Å²) < 4.78 is 7.88. The Morgan fingerprint density at radius 3 is 2.60 bits per heavy atom. The normalized spacial score (nSPS) is 15.2. The molecule has 1 N–H and O–H groups in total. The van der Waals surface area contributed by atoms with E-state index < -0.39 is 12.1 Å². The van der Waals surface area contributed by atoms with E-state index in [9.17, 15) is 9.90 Å². The highest BCUT2D eigenvalue weighted by molar-refractivity contribution is 5.69. The minimum atomic E-state index is -0.910. The summed E-state index contributed by atoms with van der Waals surface area (Å²) in [6, 6.07) is 14.0. The van der Waals surface area contributed by atoms with Crippen LogP contribution in [0.5, 0.6) is 5.75 Å². The highest BCUT2D eigenvalue weighted by atomic mass is 16.5. The molecular weight excluding hydrogens is 316 g/mol. The van der Waals surface area contributed by atoms with Crippen molar-refractivity contribution in [2.24, 2.45) is 0 Å². The molecule has 5 nitrogen and oxygen atoms in total. The number of aliphatic carboxylic acids is 1. The average molecular weight is 334 g/mol. The van der Waals surface area contributed by atoms with Crippen molar-refractivity contribution < 1.29 is 14.6 Å². The quantitative estimate of drug-likeness (QED) is 0.784. The van der Waals surface area contributed by atoms with Crippen LogP contribution in [0, 0.1) is 13.8 Å². The third-order valence-corrected chi connectivity index (χ3v) is 4.37. The summed E-state index contributed by atoms with van der Waals surface area (Å²) in [5.74, 6) is 0.389. The Bertz CT molecular complexity index is 958. The van der Waals surface area contributed by atoms with E-state index in [1.165, 1.54) is 5.56 Å². The lowest BCUT2D eigenvalue weighted by molar-refractivity contribution is -0.139. The predicted octanol–water partition coefficient (Wildman–Crippen LogP) is 4.06. The van der Waals surface area contributed by atoms with Crippen molar-refractivity contribution >= 4 is 5.97 Å². The zero-order chi connectivity index (χ0) is 17.6. The average Bonchev–Trinajstić information content (AvgIpc) is 3.01. The van der Waals surface area contributed by atoms with Crippen molar-refractivity contribution in [1.29, 1.82) is 0 Å². The summed E-state index contributed by atoms with van der Waals surface area (Å²) in [7, 11) is 0. The van der Waals surface area contributed by atoms with Gasteiger partial charge in [-0.05, 0) is 31.5 Å². The third-order valence-electron chi connectivity index (χ3n) is 4.37. The first-order valence-corrected chi connectivity index (χ1v) is 8.17. The summed E-state index contributed by atoms with van der Waals surface area (Å²) >= 11 is 0. The number of imidazole rings is 1. The van der Waals surface area contributed by atoms with Gasteiger partial charge in [-0.15, -0.1) is 0 Å². The molecule has 1 aliphatic rings. The van der Waals surface area contributed by atoms with Gasteiger partial charge in [0.1, 0.15) is 5.75 Å². The van der Waals surface area contributed by atoms with Crippen LogP contribution in [0.3, 0.4) is 0 Å². The van der Waals surface area contributed by atoms with Crippen molar-refractivity contribution in [1.82, 2.24) is 9.55 Å². The molecule has 0 aliphatic carbocycles. The molecule has 1 unspecified atom stereocenters. The second-order valence-corrected chi connectivity index (χ2v) is 6.40. The molecule has 1 aliphatic heterocycles. The number of carbonyl (C=O) groups is 1. The van der Waals surface area contributed by atoms with Gasteiger partial charge in [0.05, 0.1) is 17.8 Å². The number of rotatable bonds is 3. The molecule has 0 spiro atoms. The third kappa shape index (κ3) is 2.78. The Morgan fingerprint density at radius 2 is 1.88 bits per heavy atom. The molecule has 0 saturated carbocycles. The number of nitrogens with zero attached hydrogens (tertiary/aromatic N) is 2. The van der Waals surface area contributed by atoms with Crippen molar-refractivity contribution in [2.45, 2.75) is 26.4 Å². The number of ether oxygens (including phenoxy) is 1. The van der Waals surface area contributed by atoms with Crippen LogP contribution in [0.1, 0.15) is 29.5 Å². The van der Waals surface area contributed by atoms with Crippen LogP contribution in [0.4, 0.5) is 0 Å². The smallest absolute Gasteiger partial charge is 0.307 e. The highest BCUT2D eigenvalue weighted by Gasteiger charge is 2.30. The summed E-state index contributed by atoms with van der Waals surface area (Å²) in [6.45, 7) is 4.05. The number of aromatic nitrogens is 2. The molecule has 1 atom stereocenters. The van der Waals surface area contributed by atoms with E-state index in [1.807, 2.05) is 67.1 Å². The standard InChI is InChI=1S/C20H18N2O3/c1-12-3-6-14(7-4-12)15-11-22-16-9-13(2)5-8-17(16)25-18(10-19(23)24)20(22)21-15/h3-9,11,18H,10H2,1-2H3,(H,23,24). The first-order chi connectivity index (χ1) is 12.0. The van der Waals surface area contributed by atoms with E-state index in [2.05, 4.69) is 4.98 Å². The maximum Gasteiger partial charge on any atom is 0.307 e. The fourth-order valence-electron chi connectivity index (χ4n) is 3.09. The van der Waals surface area contributed by atoms with E-state index in [1.54, 1.807) is 0 Å². The molecule has 0 amide bonds. The fourth-order valence-corrected chi connectivity index (χ4v) is 3.09. The topological polar surface area (TPSA) is 64.4 Å². The number of fused-ring (bicyclic) bond motifs is 3. The Kier molecular flexibility index (Phi) is 3.57. The summed E-state index contributed by atoms with van der Waals surface area (Å²) in [5.41, 5.74) is 4.98. The number of carboxylic acids is 1. The summed E-state index contributed by atoms with van der Waals surface area (Å²) in [6.07, 6.45) is 1.22. The van der Waals surface area contributed by atoms with Gasteiger partial charge in [0, 0.05) is 11.8 Å². The number of hydrogen-bond donors (Lipinski definition) is 1. The molecule has 2 heterocycles. The highest BCUT2D eigenvalue weighted by Crippen LogP contribution is 2.38. The molecule has 3 aromatic rings. The molecule has 2 aromatic carbocycles. The molecule has 0 fully saturated rings.